The average Bonchev–Trinajstić information content (AvgIpc) is 3.18. The van der Waals surface area contributed by atoms with Gasteiger partial charge in [-0.1, -0.05) is 49.2 Å². The topological polar surface area (TPSA) is 110 Å². The summed E-state index contributed by atoms with van der Waals surface area (Å²) in [7, 11) is 0. The highest BCUT2D eigenvalue weighted by atomic mass is 32.2. The number of hydrogen-bond acceptors (Lipinski definition) is 7. The summed E-state index contributed by atoms with van der Waals surface area (Å²) in [6.07, 6.45) is 3.94. The van der Waals surface area contributed by atoms with Crippen molar-refractivity contribution in [2.24, 2.45) is 0 Å². The fourth-order valence-electron chi connectivity index (χ4n) is 4.09. The molecule has 1 N–H and O–H groups in total. The van der Waals surface area contributed by atoms with E-state index in [1.54, 1.807) is 4.68 Å². The molecule has 4 rings (SSSR count). The Morgan fingerprint density at radius 1 is 1.21 bits per heavy atom. The summed E-state index contributed by atoms with van der Waals surface area (Å²) in [6.45, 7) is 1.87. The summed E-state index contributed by atoms with van der Waals surface area (Å²) < 4.78 is 1.59. The van der Waals surface area contributed by atoms with Crippen molar-refractivity contribution in [2.45, 2.75) is 49.7 Å². The van der Waals surface area contributed by atoms with Crippen LogP contribution in [0, 0.1) is 6.92 Å². The minimum Gasteiger partial charge on any atom is -0.318 e. The van der Waals surface area contributed by atoms with Gasteiger partial charge in [0.05, 0.1) is 11.4 Å². The molecule has 2 aliphatic rings. The zero-order valence-electron chi connectivity index (χ0n) is 16.1. The molecule has 0 atom stereocenters. The van der Waals surface area contributed by atoms with Crippen LogP contribution in [0.3, 0.4) is 0 Å². The third-order valence-corrected chi connectivity index (χ3v) is 6.49. The van der Waals surface area contributed by atoms with Gasteiger partial charge >= 0.3 is 0 Å². The summed E-state index contributed by atoms with van der Waals surface area (Å²) in [5.74, 6) is -0.987. The molecule has 1 saturated heterocycles. The highest BCUT2D eigenvalue weighted by Crippen LogP contribution is 2.36. The van der Waals surface area contributed by atoms with Gasteiger partial charge in [0, 0.05) is 0 Å². The number of nitrogens with one attached hydrogen (secondary N) is 1. The SMILES string of the molecule is Cc1ccccc1-n1nnnc1SCC(=O)N1CC(=O)NC(=O)C12CCCCC2. The number of aromatic nitrogens is 4. The van der Waals surface area contributed by atoms with E-state index in [0.29, 0.717) is 18.0 Å². The van der Waals surface area contributed by atoms with Gasteiger partial charge in [-0.2, -0.15) is 4.68 Å². The number of para-hydroxylation sites is 1. The summed E-state index contributed by atoms with van der Waals surface area (Å²) >= 11 is 1.20. The number of benzene rings is 1. The molecule has 1 aliphatic carbocycles. The van der Waals surface area contributed by atoms with Crippen molar-refractivity contribution >= 4 is 29.5 Å². The van der Waals surface area contributed by atoms with Crippen molar-refractivity contribution in [3.63, 3.8) is 0 Å². The molecule has 9 nitrogen and oxygen atoms in total. The van der Waals surface area contributed by atoms with Crippen LogP contribution in [0.5, 0.6) is 0 Å². The predicted molar refractivity (Wildman–Crippen MR) is 105 cm³/mol. The number of hydrogen-bond donors (Lipinski definition) is 1. The van der Waals surface area contributed by atoms with E-state index in [-0.39, 0.29) is 24.1 Å². The van der Waals surface area contributed by atoms with Crippen LogP contribution in [0.25, 0.3) is 5.69 Å². The molecular weight excluding hydrogens is 392 g/mol. The molecular formula is C19H22N6O3S. The quantitative estimate of drug-likeness (QED) is 0.592. The Labute approximate surface area is 172 Å². The lowest BCUT2D eigenvalue weighted by molar-refractivity contribution is -0.158. The summed E-state index contributed by atoms with van der Waals surface area (Å²) in [4.78, 5) is 39.1. The van der Waals surface area contributed by atoms with Crippen molar-refractivity contribution in [2.75, 3.05) is 12.3 Å². The zero-order chi connectivity index (χ0) is 20.4. The van der Waals surface area contributed by atoms with Crippen LogP contribution >= 0.6 is 11.8 Å². The highest BCUT2D eigenvalue weighted by Gasteiger charge is 2.50. The molecule has 0 bridgehead atoms. The smallest absolute Gasteiger partial charge is 0.252 e. The molecule has 3 amide bonds. The molecule has 2 fully saturated rings. The second-order valence-electron chi connectivity index (χ2n) is 7.40. The molecule has 1 aliphatic heterocycles. The van der Waals surface area contributed by atoms with Gasteiger partial charge in [0.2, 0.25) is 17.0 Å². The minimum atomic E-state index is -0.911. The molecule has 152 valence electrons. The van der Waals surface area contributed by atoms with E-state index >= 15 is 0 Å². The van der Waals surface area contributed by atoms with E-state index < -0.39 is 11.4 Å². The Morgan fingerprint density at radius 3 is 2.72 bits per heavy atom. The van der Waals surface area contributed by atoms with Gasteiger partial charge in [-0.05, 0) is 41.8 Å². The van der Waals surface area contributed by atoms with E-state index in [0.717, 1.165) is 30.5 Å². The first-order valence-corrected chi connectivity index (χ1v) is 10.6. The van der Waals surface area contributed by atoms with Crippen molar-refractivity contribution < 1.29 is 14.4 Å². The molecule has 1 aromatic carbocycles. The van der Waals surface area contributed by atoms with E-state index in [2.05, 4.69) is 20.8 Å². The largest absolute Gasteiger partial charge is 0.318 e. The molecule has 2 heterocycles. The summed E-state index contributed by atoms with van der Waals surface area (Å²) in [6, 6.07) is 7.69. The molecule has 10 heteroatoms. The molecule has 1 spiro atoms. The lowest BCUT2D eigenvalue weighted by Crippen LogP contribution is -2.69. The van der Waals surface area contributed by atoms with Crippen molar-refractivity contribution in [1.29, 1.82) is 0 Å². The van der Waals surface area contributed by atoms with E-state index in [9.17, 15) is 14.4 Å². The van der Waals surface area contributed by atoms with Gasteiger partial charge in [0.25, 0.3) is 5.91 Å². The standard InChI is InChI=1S/C19H22N6O3S/c1-13-7-3-4-8-14(13)25-18(21-22-23-25)29-12-16(27)24-11-15(26)20-17(28)19(24)9-5-2-6-10-19/h3-4,7-8H,2,5-6,9-12H2,1H3,(H,20,26,28). The number of amides is 3. The monoisotopic (exact) mass is 414 g/mol. The molecule has 29 heavy (non-hydrogen) atoms. The molecule has 0 radical (unpaired) electrons. The first-order chi connectivity index (χ1) is 14.0. The first kappa shape index (κ1) is 19.6. The number of carbonyl (C=O) groups is 3. The van der Waals surface area contributed by atoms with E-state index in [1.807, 2.05) is 31.2 Å². The normalized spacial score (nSPS) is 18.7. The van der Waals surface area contributed by atoms with Crippen LogP contribution in [-0.4, -0.2) is 60.7 Å². The maximum atomic E-state index is 13.1. The minimum absolute atomic E-state index is 0.0502. The maximum Gasteiger partial charge on any atom is 0.252 e. The Bertz CT molecular complexity index is 953. The Balaban J connectivity index is 1.53. The lowest BCUT2D eigenvalue weighted by Gasteiger charge is -2.47. The number of tetrazole rings is 1. The lowest BCUT2D eigenvalue weighted by atomic mass is 9.78. The highest BCUT2D eigenvalue weighted by molar-refractivity contribution is 7.99. The van der Waals surface area contributed by atoms with Crippen LogP contribution < -0.4 is 5.32 Å². The number of carbonyl (C=O) groups excluding carboxylic acids is 3. The van der Waals surface area contributed by atoms with Gasteiger partial charge < -0.3 is 4.90 Å². The first-order valence-electron chi connectivity index (χ1n) is 9.63. The average molecular weight is 414 g/mol. The predicted octanol–water partition coefficient (Wildman–Crippen LogP) is 1.25. The second kappa shape index (κ2) is 7.94. The third-order valence-electron chi connectivity index (χ3n) is 5.59. The van der Waals surface area contributed by atoms with Crippen LogP contribution in [-0.2, 0) is 14.4 Å². The van der Waals surface area contributed by atoms with Crippen LogP contribution in [0.1, 0.15) is 37.7 Å². The van der Waals surface area contributed by atoms with Crippen molar-refractivity contribution in [3.8, 4) is 5.69 Å². The fraction of sp³-hybridized carbons (Fsp3) is 0.474. The fourth-order valence-corrected chi connectivity index (χ4v) is 4.85. The van der Waals surface area contributed by atoms with Crippen molar-refractivity contribution in [1.82, 2.24) is 30.4 Å². The van der Waals surface area contributed by atoms with E-state index in [4.69, 9.17) is 0 Å². The van der Waals surface area contributed by atoms with Gasteiger partial charge in [-0.3, -0.25) is 19.7 Å². The number of piperazine rings is 1. The van der Waals surface area contributed by atoms with Crippen LogP contribution in [0.15, 0.2) is 29.4 Å². The number of nitrogens with zero attached hydrogens (tertiary/aromatic N) is 5. The summed E-state index contributed by atoms with van der Waals surface area (Å²) in [5, 5.41) is 14.7. The van der Waals surface area contributed by atoms with Gasteiger partial charge in [0.1, 0.15) is 12.1 Å². The zero-order valence-corrected chi connectivity index (χ0v) is 16.9. The Hall–Kier alpha value is -2.75. The number of aryl methyl sites for hydroxylation is 1. The van der Waals surface area contributed by atoms with Crippen LogP contribution in [0.4, 0.5) is 0 Å². The molecule has 1 aromatic heterocycles. The van der Waals surface area contributed by atoms with E-state index in [1.165, 1.54) is 16.7 Å². The molecule has 2 aromatic rings. The van der Waals surface area contributed by atoms with Gasteiger partial charge in [-0.25, -0.2) is 0 Å². The van der Waals surface area contributed by atoms with Gasteiger partial charge in [0.15, 0.2) is 0 Å². The van der Waals surface area contributed by atoms with Crippen LogP contribution in [0.2, 0.25) is 0 Å². The second-order valence-corrected chi connectivity index (χ2v) is 8.34. The van der Waals surface area contributed by atoms with Gasteiger partial charge in [-0.15, -0.1) is 5.10 Å². The number of rotatable bonds is 4. The summed E-state index contributed by atoms with van der Waals surface area (Å²) in [5.41, 5.74) is 0.933. The number of thioether (sulfide) groups is 1. The Kier molecular flexibility index (Phi) is 5.35. The number of imide groups is 1. The molecule has 0 unspecified atom stereocenters. The van der Waals surface area contributed by atoms with Crippen molar-refractivity contribution in [3.05, 3.63) is 29.8 Å². The Morgan fingerprint density at radius 2 is 1.97 bits per heavy atom. The molecule has 1 saturated carbocycles. The third kappa shape index (κ3) is 3.64. The maximum absolute atomic E-state index is 13.1.